The van der Waals surface area contributed by atoms with Crippen LogP contribution in [-0.2, 0) is 9.59 Å². The summed E-state index contributed by atoms with van der Waals surface area (Å²) in [4.78, 5) is 31.8. The summed E-state index contributed by atoms with van der Waals surface area (Å²) in [5.41, 5.74) is -0.346. The first-order valence-electron chi connectivity index (χ1n) is 5.38. The first-order chi connectivity index (χ1) is 9.31. The summed E-state index contributed by atoms with van der Waals surface area (Å²) >= 11 is 5.70. The molecule has 0 spiro atoms. The number of ether oxygens (including phenoxy) is 1. The quantitative estimate of drug-likeness (QED) is 0.602. The molecule has 0 aromatic heterocycles. The van der Waals surface area contributed by atoms with Crippen molar-refractivity contribution in [2.75, 3.05) is 6.61 Å². The van der Waals surface area contributed by atoms with Crippen LogP contribution < -0.4 is 10.1 Å². The van der Waals surface area contributed by atoms with E-state index in [1.54, 1.807) is 0 Å². The van der Waals surface area contributed by atoms with E-state index in [4.69, 9.17) is 21.4 Å². The van der Waals surface area contributed by atoms with Crippen molar-refractivity contribution in [2.24, 2.45) is 0 Å². The number of halogens is 1. The van der Waals surface area contributed by atoms with Crippen molar-refractivity contribution in [1.82, 2.24) is 5.32 Å². The first kappa shape index (κ1) is 15.7. The van der Waals surface area contributed by atoms with Crippen LogP contribution in [0.4, 0.5) is 5.69 Å². The molecule has 0 fully saturated rings. The Labute approximate surface area is 118 Å². The first-order valence-corrected chi connectivity index (χ1v) is 5.75. The molecule has 1 rings (SSSR count). The van der Waals surface area contributed by atoms with Gasteiger partial charge < -0.3 is 15.2 Å². The van der Waals surface area contributed by atoms with Crippen LogP contribution in [0.15, 0.2) is 18.2 Å². The fourth-order valence-electron chi connectivity index (χ4n) is 1.35. The molecule has 0 radical (unpaired) electrons. The van der Waals surface area contributed by atoms with Crippen LogP contribution >= 0.6 is 11.6 Å². The summed E-state index contributed by atoms with van der Waals surface area (Å²) in [6, 6.07) is 2.35. The number of nitrogens with zero attached hydrogens (tertiary/aromatic N) is 1. The fraction of sp³-hybridized carbons (Fsp3) is 0.273. The predicted molar refractivity (Wildman–Crippen MR) is 68.8 cm³/mol. The lowest BCUT2D eigenvalue weighted by atomic mass is 10.3. The molecule has 0 aliphatic heterocycles. The Balaban J connectivity index is 2.87. The van der Waals surface area contributed by atoms with Crippen molar-refractivity contribution in [2.45, 2.75) is 13.0 Å². The van der Waals surface area contributed by atoms with E-state index in [-0.39, 0.29) is 16.5 Å². The zero-order valence-corrected chi connectivity index (χ0v) is 11.1. The van der Waals surface area contributed by atoms with Gasteiger partial charge in [0, 0.05) is 24.1 Å². The molecule has 0 heterocycles. The van der Waals surface area contributed by atoms with Gasteiger partial charge >= 0.3 is 11.7 Å². The van der Waals surface area contributed by atoms with Crippen molar-refractivity contribution >= 4 is 29.2 Å². The molecule has 0 saturated heterocycles. The number of carbonyl (C=O) groups is 2. The molecule has 1 unspecified atom stereocenters. The van der Waals surface area contributed by atoms with Crippen molar-refractivity contribution in [3.63, 3.8) is 0 Å². The van der Waals surface area contributed by atoms with Gasteiger partial charge in [-0.05, 0) is 6.07 Å². The molecule has 1 amide bonds. The second kappa shape index (κ2) is 6.71. The van der Waals surface area contributed by atoms with Crippen LogP contribution in [0.1, 0.15) is 6.92 Å². The van der Waals surface area contributed by atoms with Gasteiger partial charge in [-0.15, -0.1) is 0 Å². The van der Waals surface area contributed by atoms with E-state index < -0.39 is 29.4 Å². The number of carbonyl (C=O) groups excluding carboxylic acids is 1. The Hall–Kier alpha value is -2.35. The van der Waals surface area contributed by atoms with Gasteiger partial charge in [-0.25, -0.2) is 4.79 Å². The molecule has 108 valence electrons. The van der Waals surface area contributed by atoms with Gasteiger partial charge in [0.15, 0.2) is 11.8 Å². The lowest BCUT2D eigenvalue weighted by molar-refractivity contribution is -0.385. The lowest BCUT2D eigenvalue weighted by Gasteiger charge is -2.14. The number of nitrogens with one attached hydrogen (secondary N) is 1. The van der Waals surface area contributed by atoms with E-state index in [0.29, 0.717) is 0 Å². The molecule has 0 aliphatic carbocycles. The highest BCUT2D eigenvalue weighted by Gasteiger charge is 2.22. The van der Waals surface area contributed by atoms with Gasteiger partial charge in [0.05, 0.1) is 4.92 Å². The molecular formula is C11H11ClN2O6. The van der Waals surface area contributed by atoms with Crippen molar-refractivity contribution in [3.05, 3.63) is 33.3 Å². The number of carboxylic acid groups (broad SMARTS) is 1. The van der Waals surface area contributed by atoms with Crippen molar-refractivity contribution < 1.29 is 24.4 Å². The van der Waals surface area contributed by atoms with E-state index in [1.165, 1.54) is 12.1 Å². The predicted octanol–water partition coefficient (Wildman–Crippen LogP) is 1.22. The Bertz CT molecular complexity index is 548. The molecule has 1 atom stereocenters. The maximum Gasteiger partial charge on any atom is 0.329 e. The Morgan fingerprint density at radius 3 is 2.70 bits per heavy atom. The largest absolute Gasteiger partial charge is 0.484 e. The fourth-order valence-corrected chi connectivity index (χ4v) is 1.51. The Kier molecular flexibility index (Phi) is 5.27. The standard InChI is InChI=1S/C11H11ClN2O6/c1-6(15)13-8(11(16)17)5-20-10-4-7(12)2-3-9(10)14(18)19/h2-4,8H,5H2,1H3,(H,13,15)(H,16,17). The van der Waals surface area contributed by atoms with Gasteiger partial charge in [-0.2, -0.15) is 0 Å². The van der Waals surface area contributed by atoms with Gasteiger partial charge in [0.2, 0.25) is 5.91 Å². The smallest absolute Gasteiger partial charge is 0.329 e. The summed E-state index contributed by atoms with van der Waals surface area (Å²) in [5.74, 6) is -2.04. The number of amides is 1. The number of hydrogen-bond acceptors (Lipinski definition) is 5. The lowest BCUT2D eigenvalue weighted by Crippen LogP contribution is -2.43. The summed E-state index contributed by atoms with van der Waals surface area (Å²) < 4.78 is 5.08. The van der Waals surface area contributed by atoms with E-state index in [9.17, 15) is 19.7 Å². The highest BCUT2D eigenvalue weighted by atomic mass is 35.5. The molecule has 20 heavy (non-hydrogen) atoms. The SMILES string of the molecule is CC(=O)NC(COc1cc(Cl)ccc1[N+](=O)[O-])C(=O)O. The summed E-state index contributed by atoms with van der Waals surface area (Å²) in [6.45, 7) is 0.688. The maximum absolute atomic E-state index is 10.9. The average molecular weight is 303 g/mol. The minimum Gasteiger partial charge on any atom is -0.484 e. The zero-order valence-electron chi connectivity index (χ0n) is 10.3. The zero-order chi connectivity index (χ0) is 15.3. The summed E-state index contributed by atoms with van der Waals surface area (Å²) in [7, 11) is 0. The second-order valence-corrected chi connectivity index (χ2v) is 4.21. The Morgan fingerprint density at radius 2 is 2.20 bits per heavy atom. The maximum atomic E-state index is 10.9. The van der Waals surface area contributed by atoms with Gasteiger partial charge in [-0.1, -0.05) is 11.6 Å². The van der Waals surface area contributed by atoms with Crippen LogP contribution in [0.25, 0.3) is 0 Å². The minimum atomic E-state index is -1.31. The monoisotopic (exact) mass is 302 g/mol. The van der Waals surface area contributed by atoms with Crippen LogP contribution in [0, 0.1) is 10.1 Å². The van der Waals surface area contributed by atoms with E-state index in [1.807, 2.05) is 0 Å². The van der Waals surface area contributed by atoms with Crippen LogP contribution in [0.3, 0.4) is 0 Å². The van der Waals surface area contributed by atoms with E-state index >= 15 is 0 Å². The number of nitro benzene ring substituents is 1. The minimum absolute atomic E-state index is 0.167. The van der Waals surface area contributed by atoms with E-state index in [0.717, 1.165) is 13.0 Å². The summed E-state index contributed by atoms with van der Waals surface area (Å²) in [6.07, 6.45) is 0. The molecule has 1 aromatic carbocycles. The topological polar surface area (TPSA) is 119 Å². The number of aliphatic carboxylic acids is 1. The molecule has 0 bridgehead atoms. The third-order valence-corrected chi connectivity index (χ3v) is 2.43. The molecule has 8 nitrogen and oxygen atoms in total. The molecule has 2 N–H and O–H groups in total. The number of rotatable bonds is 6. The third kappa shape index (κ3) is 4.39. The molecule has 9 heteroatoms. The van der Waals surface area contributed by atoms with Crippen LogP contribution in [-0.4, -0.2) is 34.6 Å². The molecule has 0 saturated carbocycles. The Morgan fingerprint density at radius 1 is 1.55 bits per heavy atom. The summed E-state index contributed by atoms with van der Waals surface area (Å²) in [5, 5.41) is 22.0. The number of hydrogen-bond donors (Lipinski definition) is 2. The van der Waals surface area contributed by atoms with Crippen LogP contribution in [0.2, 0.25) is 5.02 Å². The third-order valence-electron chi connectivity index (χ3n) is 2.20. The van der Waals surface area contributed by atoms with Crippen LogP contribution in [0.5, 0.6) is 5.75 Å². The van der Waals surface area contributed by atoms with Crippen molar-refractivity contribution in [3.8, 4) is 5.75 Å². The molecule has 0 aliphatic rings. The normalized spacial score (nSPS) is 11.5. The number of benzene rings is 1. The highest BCUT2D eigenvalue weighted by Crippen LogP contribution is 2.29. The van der Waals surface area contributed by atoms with Crippen molar-refractivity contribution in [1.29, 1.82) is 0 Å². The second-order valence-electron chi connectivity index (χ2n) is 3.77. The molecular weight excluding hydrogens is 292 g/mol. The number of nitro groups is 1. The molecule has 1 aromatic rings. The van der Waals surface area contributed by atoms with Gasteiger partial charge in [0.25, 0.3) is 0 Å². The highest BCUT2D eigenvalue weighted by molar-refractivity contribution is 6.30. The van der Waals surface area contributed by atoms with Gasteiger partial charge in [0.1, 0.15) is 6.61 Å². The van der Waals surface area contributed by atoms with Gasteiger partial charge in [-0.3, -0.25) is 14.9 Å². The average Bonchev–Trinajstić information content (AvgIpc) is 2.33. The van der Waals surface area contributed by atoms with E-state index in [2.05, 4.69) is 5.32 Å². The number of carboxylic acids is 1.